The number of allylic oxidation sites excluding steroid dienone is 4. The van der Waals surface area contributed by atoms with Crippen molar-refractivity contribution in [3.8, 4) is 0 Å². The third-order valence-electron chi connectivity index (χ3n) is 5.55. The van der Waals surface area contributed by atoms with Crippen LogP contribution >= 0.6 is 0 Å². The van der Waals surface area contributed by atoms with E-state index in [4.69, 9.17) is 5.14 Å². The van der Waals surface area contributed by atoms with E-state index in [0.29, 0.717) is 11.3 Å². The Morgan fingerprint density at radius 1 is 0.931 bits per heavy atom. The Kier molecular flexibility index (Phi) is 4.66. The SMILES string of the molecule is NS(=O)(=O)c1ccc(C2=CC3(C=C2c2ccc(C(F)(F)F)cc2)CCCC3)nc1. The lowest BCUT2D eigenvalue weighted by Gasteiger charge is -2.16. The lowest BCUT2D eigenvalue weighted by molar-refractivity contribution is -0.137. The molecule has 1 spiro atoms. The minimum absolute atomic E-state index is 0.0875. The van der Waals surface area contributed by atoms with Crippen LogP contribution in [0.2, 0.25) is 0 Å². The lowest BCUT2D eigenvalue weighted by Crippen LogP contribution is -2.12. The number of hydrogen-bond donors (Lipinski definition) is 1. The average molecular weight is 420 g/mol. The van der Waals surface area contributed by atoms with Gasteiger partial charge in [0.15, 0.2) is 0 Å². The van der Waals surface area contributed by atoms with Crippen molar-refractivity contribution in [1.29, 1.82) is 0 Å². The molecular weight excluding hydrogens is 401 g/mol. The molecule has 1 fully saturated rings. The maximum atomic E-state index is 12.9. The van der Waals surface area contributed by atoms with Gasteiger partial charge in [-0.3, -0.25) is 4.98 Å². The number of benzene rings is 1. The number of sulfonamides is 1. The first-order valence-corrected chi connectivity index (χ1v) is 10.8. The number of pyridine rings is 1. The fourth-order valence-corrected chi connectivity index (χ4v) is 4.55. The molecule has 1 aromatic carbocycles. The van der Waals surface area contributed by atoms with Crippen LogP contribution in [-0.4, -0.2) is 13.4 Å². The largest absolute Gasteiger partial charge is 0.416 e. The first-order valence-electron chi connectivity index (χ1n) is 9.20. The Morgan fingerprint density at radius 3 is 2.07 bits per heavy atom. The van der Waals surface area contributed by atoms with Crippen molar-refractivity contribution in [2.45, 2.75) is 36.8 Å². The van der Waals surface area contributed by atoms with E-state index in [-0.39, 0.29) is 10.3 Å². The molecule has 29 heavy (non-hydrogen) atoms. The highest BCUT2D eigenvalue weighted by Gasteiger charge is 2.37. The highest BCUT2D eigenvalue weighted by atomic mass is 32.2. The van der Waals surface area contributed by atoms with E-state index in [0.717, 1.165) is 49.0 Å². The molecule has 0 aliphatic heterocycles. The molecular formula is C21H19F3N2O2S. The van der Waals surface area contributed by atoms with Gasteiger partial charge in [0.25, 0.3) is 0 Å². The quantitative estimate of drug-likeness (QED) is 0.776. The van der Waals surface area contributed by atoms with Crippen LogP contribution in [0.25, 0.3) is 11.1 Å². The monoisotopic (exact) mass is 420 g/mol. The van der Waals surface area contributed by atoms with Gasteiger partial charge in [0.2, 0.25) is 10.0 Å². The van der Waals surface area contributed by atoms with Crippen molar-refractivity contribution in [3.05, 3.63) is 71.6 Å². The van der Waals surface area contributed by atoms with E-state index >= 15 is 0 Å². The molecule has 4 rings (SSSR count). The number of rotatable bonds is 3. The van der Waals surface area contributed by atoms with Crippen LogP contribution in [0, 0.1) is 5.41 Å². The number of nitrogens with two attached hydrogens (primary N) is 1. The number of nitrogens with zero attached hydrogens (tertiary/aromatic N) is 1. The van der Waals surface area contributed by atoms with Crippen LogP contribution in [0.1, 0.15) is 42.5 Å². The Labute approximate surface area is 167 Å². The van der Waals surface area contributed by atoms with Gasteiger partial charge in [-0.2, -0.15) is 13.2 Å². The molecule has 2 N–H and O–H groups in total. The van der Waals surface area contributed by atoms with Gasteiger partial charge in [-0.05, 0) is 48.2 Å². The zero-order valence-corrected chi connectivity index (χ0v) is 16.2. The molecule has 0 unspecified atom stereocenters. The minimum atomic E-state index is -4.39. The molecule has 152 valence electrons. The molecule has 2 aliphatic rings. The smallest absolute Gasteiger partial charge is 0.255 e. The standard InChI is InChI=1S/C21H19F3N2O2S/c22-21(23,24)15-5-3-14(4-6-15)17-11-20(9-1-2-10-20)12-18(17)19-8-7-16(13-26-19)29(25,27)28/h3-8,11-13H,1-2,9-10H2,(H2,25,27,28). The molecule has 1 saturated carbocycles. The third-order valence-corrected chi connectivity index (χ3v) is 6.45. The van der Waals surface area contributed by atoms with Crippen molar-refractivity contribution in [2.24, 2.45) is 10.6 Å². The first kappa shape index (κ1) is 19.8. The maximum Gasteiger partial charge on any atom is 0.416 e. The Bertz CT molecular complexity index is 1090. The molecule has 0 saturated heterocycles. The summed E-state index contributed by atoms with van der Waals surface area (Å²) in [6.07, 6.45) is 5.15. The second-order valence-corrected chi connectivity index (χ2v) is 9.12. The van der Waals surface area contributed by atoms with Crippen molar-refractivity contribution in [3.63, 3.8) is 0 Å². The fraction of sp³-hybridized carbons (Fsp3) is 0.286. The van der Waals surface area contributed by atoms with Crippen LogP contribution in [0.3, 0.4) is 0 Å². The zero-order valence-electron chi connectivity index (χ0n) is 15.4. The van der Waals surface area contributed by atoms with E-state index in [1.165, 1.54) is 24.4 Å². The van der Waals surface area contributed by atoms with E-state index in [9.17, 15) is 21.6 Å². The van der Waals surface area contributed by atoms with Crippen molar-refractivity contribution in [1.82, 2.24) is 4.98 Å². The van der Waals surface area contributed by atoms with Crippen LogP contribution in [0.15, 0.2) is 59.6 Å². The molecule has 1 heterocycles. The molecule has 1 aromatic heterocycles. The molecule has 0 atom stereocenters. The van der Waals surface area contributed by atoms with Gasteiger partial charge >= 0.3 is 6.18 Å². The predicted molar refractivity (Wildman–Crippen MR) is 104 cm³/mol. The predicted octanol–water partition coefficient (Wildman–Crippen LogP) is 4.79. The van der Waals surface area contributed by atoms with Gasteiger partial charge in [-0.1, -0.05) is 37.1 Å². The molecule has 4 nitrogen and oxygen atoms in total. The zero-order chi connectivity index (χ0) is 20.9. The first-order chi connectivity index (χ1) is 13.6. The Balaban J connectivity index is 1.76. The number of primary sulfonamides is 1. The number of alkyl halides is 3. The maximum absolute atomic E-state index is 12.9. The number of aromatic nitrogens is 1. The van der Waals surface area contributed by atoms with Crippen molar-refractivity contribution < 1.29 is 21.6 Å². The molecule has 0 amide bonds. The molecule has 2 aromatic rings. The molecule has 0 bridgehead atoms. The number of halogens is 3. The van der Waals surface area contributed by atoms with Gasteiger partial charge in [0, 0.05) is 17.2 Å². The summed E-state index contributed by atoms with van der Waals surface area (Å²) in [6.45, 7) is 0. The second kappa shape index (κ2) is 6.81. The summed E-state index contributed by atoms with van der Waals surface area (Å²) in [7, 11) is -3.85. The highest BCUT2D eigenvalue weighted by Crippen LogP contribution is 2.51. The summed E-state index contributed by atoms with van der Waals surface area (Å²) >= 11 is 0. The normalized spacial score (nSPS) is 18.8. The Morgan fingerprint density at radius 2 is 1.55 bits per heavy atom. The summed E-state index contributed by atoms with van der Waals surface area (Å²) in [6, 6.07) is 8.06. The summed E-state index contributed by atoms with van der Waals surface area (Å²) in [5.74, 6) is 0. The van der Waals surface area contributed by atoms with Crippen LogP contribution in [0.5, 0.6) is 0 Å². The van der Waals surface area contributed by atoms with Crippen LogP contribution in [-0.2, 0) is 16.2 Å². The van der Waals surface area contributed by atoms with Gasteiger partial charge < -0.3 is 0 Å². The van der Waals surface area contributed by atoms with Crippen molar-refractivity contribution >= 4 is 21.2 Å². The van der Waals surface area contributed by atoms with Crippen molar-refractivity contribution in [2.75, 3.05) is 0 Å². The molecule has 2 aliphatic carbocycles. The summed E-state index contributed by atoms with van der Waals surface area (Å²) < 4.78 is 61.7. The Hall–Kier alpha value is -2.45. The minimum Gasteiger partial charge on any atom is -0.255 e. The lowest BCUT2D eigenvalue weighted by atomic mass is 9.88. The summed E-state index contributed by atoms with van der Waals surface area (Å²) in [4.78, 5) is 4.18. The van der Waals surface area contributed by atoms with Gasteiger partial charge in [-0.15, -0.1) is 0 Å². The third kappa shape index (κ3) is 3.86. The van der Waals surface area contributed by atoms with Gasteiger partial charge in [0.1, 0.15) is 4.90 Å². The highest BCUT2D eigenvalue weighted by molar-refractivity contribution is 7.89. The second-order valence-electron chi connectivity index (χ2n) is 7.56. The van der Waals surface area contributed by atoms with E-state index in [2.05, 4.69) is 17.1 Å². The topological polar surface area (TPSA) is 73.1 Å². The molecule has 0 radical (unpaired) electrons. The van der Waals surface area contributed by atoms with Crippen LogP contribution < -0.4 is 5.14 Å². The van der Waals surface area contributed by atoms with E-state index in [1.54, 1.807) is 6.07 Å². The fourth-order valence-electron chi connectivity index (χ4n) is 4.09. The summed E-state index contributed by atoms with van der Waals surface area (Å²) in [5, 5.41) is 5.14. The average Bonchev–Trinajstić information content (AvgIpc) is 3.28. The van der Waals surface area contributed by atoms with Gasteiger partial charge in [-0.25, -0.2) is 13.6 Å². The summed E-state index contributed by atoms with van der Waals surface area (Å²) in [5.41, 5.74) is 2.02. The van der Waals surface area contributed by atoms with E-state index in [1.807, 2.05) is 0 Å². The van der Waals surface area contributed by atoms with Crippen LogP contribution in [0.4, 0.5) is 13.2 Å². The van der Waals surface area contributed by atoms with E-state index < -0.39 is 21.8 Å². The van der Waals surface area contributed by atoms with Gasteiger partial charge in [0.05, 0.1) is 11.3 Å². The molecule has 8 heteroatoms. The number of hydrogen-bond acceptors (Lipinski definition) is 3.